The highest BCUT2D eigenvalue weighted by Gasteiger charge is 2.48. The highest BCUT2D eigenvalue weighted by atomic mass is 16.7. The highest BCUT2D eigenvalue weighted by Crippen LogP contribution is 2.30. The van der Waals surface area contributed by atoms with Gasteiger partial charge in [-0.25, -0.2) is 9.59 Å². The second-order valence-corrected chi connectivity index (χ2v) is 8.87. The molecule has 1 aliphatic heterocycles. The van der Waals surface area contributed by atoms with Crippen molar-refractivity contribution in [1.29, 1.82) is 0 Å². The lowest BCUT2D eigenvalue weighted by molar-refractivity contribution is -0.276. The molecule has 1 heterocycles. The second kappa shape index (κ2) is 11.8. The summed E-state index contributed by atoms with van der Waals surface area (Å²) in [5.41, 5.74) is -1.88. The molecule has 2 aliphatic rings. The number of carbonyl (C=O) groups excluding carboxylic acids is 3. The van der Waals surface area contributed by atoms with E-state index >= 15 is 0 Å². The molecule has 2 aromatic carbocycles. The number of allylic oxidation sites excluding steroid dienone is 1. The topological polar surface area (TPSA) is 169 Å². The minimum Gasteiger partial charge on any atom is -0.460 e. The molecule has 2 aromatic rings. The summed E-state index contributed by atoms with van der Waals surface area (Å²) in [6.07, 6.45) is -4.41. The smallest absolute Gasteiger partial charge is 0.350 e. The van der Waals surface area contributed by atoms with Crippen LogP contribution in [0.5, 0.6) is 5.75 Å². The van der Waals surface area contributed by atoms with Gasteiger partial charge in [-0.05, 0) is 30.7 Å². The number of carbonyl (C=O) groups is 3. The van der Waals surface area contributed by atoms with Gasteiger partial charge in [0, 0.05) is 12.0 Å². The fraction of sp³-hybridized carbons (Fsp3) is 0.370. The first-order valence-electron chi connectivity index (χ1n) is 12.0. The zero-order chi connectivity index (χ0) is 27.3. The third kappa shape index (κ3) is 5.77. The maximum atomic E-state index is 12.7. The van der Waals surface area contributed by atoms with E-state index in [1.165, 1.54) is 24.3 Å². The summed E-state index contributed by atoms with van der Waals surface area (Å²) in [5, 5.41) is 41.1. The Morgan fingerprint density at radius 3 is 2.45 bits per heavy atom. The molecule has 0 spiro atoms. The van der Waals surface area contributed by atoms with Crippen LogP contribution in [0, 0.1) is 0 Å². The summed E-state index contributed by atoms with van der Waals surface area (Å²) in [6.45, 7) is -1.05. The average Bonchev–Trinajstić information content (AvgIpc) is 2.93. The molecular formula is C27H28O11. The lowest BCUT2D eigenvalue weighted by Gasteiger charge is -2.41. The molecule has 0 amide bonds. The number of ketones is 1. The van der Waals surface area contributed by atoms with E-state index in [2.05, 4.69) is 0 Å². The van der Waals surface area contributed by atoms with Crippen LogP contribution < -0.4 is 4.74 Å². The van der Waals surface area contributed by atoms with Crippen molar-refractivity contribution in [3.63, 3.8) is 0 Å². The van der Waals surface area contributed by atoms with Crippen LogP contribution in [0.15, 0.2) is 66.7 Å². The van der Waals surface area contributed by atoms with Crippen molar-refractivity contribution >= 4 is 17.7 Å². The molecule has 0 aromatic heterocycles. The maximum absolute atomic E-state index is 12.7. The molecule has 0 bridgehead atoms. The number of hydrogen-bond donors (Lipinski definition) is 4. The molecule has 11 heteroatoms. The van der Waals surface area contributed by atoms with Gasteiger partial charge in [-0.2, -0.15) is 0 Å². The van der Waals surface area contributed by atoms with Gasteiger partial charge in [-0.3, -0.25) is 4.79 Å². The summed E-state index contributed by atoms with van der Waals surface area (Å²) in [4.78, 5) is 37.3. The van der Waals surface area contributed by atoms with E-state index < -0.39 is 67.2 Å². The number of Topliss-reactive ketones (excluding diaryl/α,β-unsaturated/α-hetero) is 1. The molecule has 0 saturated carbocycles. The molecule has 1 aliphatic carbocycles. The first-order chi connectivity index (χ1) is 18.2. The van der Waals surface area contributed by atoms with Crippen molar-refractivity contribution < 1.29 is 53.8 Å². The Morgan fingerprint density at radius 2 is 1.74 bits per heavy atom. The number of hydrogen-bond acceptors (Lipinski definition) is 11. The van der Waals surface area contributed by atoms with Crippen molar-refractivity contribution in [2.75, 3.05) is 6.61 Å². The predicted octanol–water partition coefficient (Wildman–Crippen LogP) is 0.423. The lowest BCUT2D eigenvalue weighted by atomic mass is 9.90. The molecular weight excluding hydrogens is 500 g/mol. The van der Waals surface area contributed by atoms with Gasteiger partial charge in [0.25, 0.3) is 0 Å². The van der Waals surface area contributed by atoms with E-state index in [-0.39, 0.29) is 17.7 Å². The number of aliphatic hydroxyl groups is 4. The Labute approximate surface area is 217 Å². The van der Waals surface area contributed by atoms with Gasteiger partial charge in [0.1, 0.15) is 30.7 Å². The van der Waals surface area contributed by atoms with Gasteiger partial charge >= 0.3 is 11.9 Å². The summed E-state index contributed by atoms with van der Waals surface area (Å²) in [5.74, 6) is -2.52. The van der Waals surface area contributed by atoms with Crippen molar-refractivity contribution in [1.82, 2.24) is 0 Å². The number of benzene rings is 2. The van der Waals surface area contributed by atoms with Crippen LogP contribution in [0.25, 0.3) is 0 Å². The molecule has 11 nitrogen and oxygen atoms in total. The van der Waals surface area contributed by atoms with E-state index in [1.807, 2.05) is 0 Å². The van der Waals surface area contributed by atoms with E-state index in [1.54, 1.807) is 36.4 Å². The number of esters is 2. The SMILES string of the molecule is O=C(O[C@H]1[C@H](Oc2ccccc2COC(=O)C2(O)C=CCCC2=O)O[C@H](CO)[C@@H](O)[C@@H]1O)c1ccccc1. The lowest BCUT2D eigenvalue weighted by Crippen LogP contribution is -2.61. The molecule has 0 radical (unpaired) electrons. The van der Waals surface area contributed by atoms with Gasteiger partial charge in [0.15, 0.2) is 11.9 Å². The second-order valence-electron chi connectivity index (χ2n) is 8.87. The van der Waals surface area contributed by atoms with Crippen LogP contribution in [0.1, 0.15) is 28.8 Å². The summed E-state index contributed by atoms with van der Waals surface area (Å²) in [6, 6.07) is 14.2. The van der Waals surface area contributed by atoms with E-state index in [9.17, 15) is 34.8 Å². The fourth-order valence-electron chi connectivity index (χ4n) is 4.09. The van der Waals surface area contributed by atoms with Crippen molar-refractivity contribution in [2.24, 2.45) is 0 Å². The molecule has 202 valence electrons. The van der Waals surface area contributed by atoms with Crippen LogP contribution in [0.3, 0.4) is 0 Å². The maximum Gasteiger partial charge on any atom is 0.350 e. The van der Waals surface area contributed by atoms with Gasteiger partial charge in [-0.1, -0.05) is 42.5 Å². The Kier molecular flexibility index (Phi) is 8.55. The zero-order valence-electron chi connectivity index (χ0n) is 20.2. The standard InChI is InChI=1S/C27H28O11/c28-14-19-21(30)22(31)23(38-24(32)16-8-2-1-3-9-16)25(37-19)36-18-11-5-4-10-17(18)15-35-26(33)27(34)13-7-6-12-20(27)29/h1-5,7-11,13,19,21-23,25,28,30-31,34H,6,12,14-15H2/t19-,21-,22+,23-,25-,27?/m1/s1. The first kappa shape index (κ1) is 27.4. The molecule has 6 atom stereocenters. The Morgan fingerprint density at radius 1 is 1.03 bits per heavy atom. The van der Waals surface area contributed by atoms with E-state index in [4.69, 9.17) is 18.9 Å². The van der Waals surface area contributed by atoms with Gasteiger partial charge in [0.2, 0.25) is 11.9 Å². The summed E-state index contributed by atoms with van der Waals surface area (Å²) < 4.78 is 22.2. The Balaban J connectivity index is 1.52. The van der Waals surface area contributed by atoms with E-state index in [0.717, 1.165) is 6.08 Å². The van der Waals surface area contributed by atoms with Crippen LogP contribution in [0.2, 0.25) is 0 Å². The molecule has 38 heavy (non-hydrogen) atoms. The molecule has 4 rings (SSSR count). The average molecular weight is 529 g/mol. The fourth-order valence-corrected chi connectivity index (χ4v) is 4.09. The third-order valence-corrected chi connectivity index (χ3v) is 6.29. The first-order valence-corrected chi connectivity index (χ1v) is 12.0. The quantitative estimate of drug-likeness (QED) is 0.213. The number of rotatable bonds is 8. The van der Waals surface area contributed by atoms with Crippen LogP contribution in [0.4, 0.5) is 0 Å². The molecule has 1 fully saturated rings. The molecule has 1 saturated heterocycles. The van der Waals surface area contributed by atoms with Gasteiger partial charge < -0.3 is 39.4 Å². The van der Waals surface area contributed by atoms with Crippen LogP contribution in [-0.2, 0) is 30.4 Å². The highest BCUT2D eigenvalue weighted by molar-refractivity contribution is 6.09. The Bertz CT molecular complexity index is 1180. The molecule has 4 N–H and O–H groups in total. The normalized spacial score (nSPS) is 28.9. The summed E-state index contributed by atoms with van der Waals surface area (Å²) >= 11 is 0. The zero-order valence-corrected chi connectivity index (χ0v) is 20.2. The van der Waals surface area contributed by atoms with Crippen LogP contribution in [-0.4, -0.2) is 81.1 Å². The van der Waals surface area contributed by atoms with Gasteiger partial charge in [0.05, 0.1) is 12.2 Å². The summed E-state index contributed by atoms with van der Waals surface area (Å²) in [7, 11) is 0. The number of ether oxygens (including phenoxy) is 4. The minimum absolute atomic E-state index is 0.00408. The van der Waals surface area contributed by atoms with Crippen molar-refractivity contribution in [3.05, 3.63) is 77.9 Å². The largest absolute Gasteiger partial charge is 0.460 e. The predicted molar refractivity (Wildman–Crippen MR) is 129 cm³/mol. The number of para-hydroxylation sites is 1. The minimum atomic E-state index is -2.37. The van der Waals surface area contributed by atoms with E-state index in [0.29, 0.717) is 12.0 Å². The van der Waals surface area contributed by atoms with Crippen molar-refractivity contribution in [2.45, 2.75) is 55.8 Å². The molecule has 1 unspecified atom stereocenters. The van der Waals surface area contributed by atoms with Crippen molar-refractivity contribution in [3.8, 4) is 5.75 Å². The third-order valence-electron chi connectivity index (χ3n) is 6.29. The van der Waals surface area contributed by atoms with Gasteiger partial charge in [-0.15, -0.1) is 0 Å². The van der Waals surface area contributed by atoms with Crippen LogP contribution >= 0.6 is 0 Å². The monoisotopic (exact) mass is 528 g/mol. The Hall–Kier alpha value is -3.61. The number of aliphatic hydroxyl groups excluding tert-OH is 3.